The van der Waals surface area contributed by atoms with Crippen LogP contribution in [0.3, 0.4) is 0 Å². The van der Waals surface area contributed by atoms with Crippen molar-refractivity contribution in [1.29, 1.82) is 0 Å². The van der Waals surface area contributed by atoms with Gasteiger partial charge in [0.25, 0.3) is 0 Å². The Bertz CT molecular complexity index is 567. The molecule has 0 aromatic heterocycles. The number of hydrogen-bond acceptors (Lipinski definition) is 2. The average Bonchev–Trinajstić information content (AvgIpc) is 2.43. The molecule has 2 nitrogen and oxygen atoms in total. The maximum Gasteiger partial charge on any atom is 0.192 e. The first-order valence-electron chi connectivity index (χ1n) is 6.78. The van der Waals surface area contributed by atoms with Gasteiger partial charge in [-0.25, -0.2) is 0 Å². The van der Waals surface area contributed by atoms with Crippen LogP contribution in [0.5, 0.6) is 0 Å². The number of benzene rings is 2. The maximum absolute atomic E-state index is 12.7. The lowest BCUT2D eigenvalue weighted by Crippen LogP contribution is -2.30. The third-order valence-electron chi connectivity index (χ3n) is 3.27. The second-order valence-corrected chi connectivity index (χ2v) is 5.01. The van der Waals surface area contributed by atoms with E-state index in [2.05, 4.69) is 0 Å². The minimum Gasteiger partial charge on any atom is -0.370 e. The van der Waals surface area contributed by atoms with Gasteiger partial charge in [0.05, 0.1) is 0 Å². The molecule has 0 aliphatic rings. The Morgan fingerprint density at radius 3 is 2.47 bits per heavy atom. The highest BCUT2D eigenvalue weighted by molar-refractivity contribution is 6.10. The Balaban J connectivity index is 2.45. The van der Waals surface area contributed by atoms with Crippen molar-refractivity contribution < 1.29 is 9.53 Å². The van der Waals surface area contributed by atoms with E-state index in [1.807, 2.05) is 63.2 Å². The maximum atomic E-state index is 12.7. The Labute approximate surface area is 114 Å². The Morgan fingerprint density at radius 2 is 1.79 bits per heavy atom. The molecule has 0 fully saturated rings. The molecule has 1 unspecified atom stereocenters. The lowest BCUT2D eigenvalue weighted by molar-refractivity contribution is 0.0281. The molecule has 2 rings (SSSR count). The standard InChI is InChI=1S/C17H20O2/c1-4-19-17(12(2)3)16(18)15-11-7-9-13-8-5-6-10-14(13)15/h5-12,17H,4H2,1-3H3. The van der Waals surface area contributed by atoms with Crippen LogP contribution < -0.4 is 0 Å². The highest BCUT2D eigenvalue weighted by Gasteiger charge is 2.24. The van der Waals surface area contributed by atoms with Crippen LogP contribution in [0.2, 0.25) is 0 Å². The third kappa shape index (κ3) is 2.85. The number of Topliss-reactive ketones (excluding diaryl/α,β-unsaturated/α-hetero) is 1. The largest absolute Gasteiger partial charge is 0.370 e. The van der Waals surface area contributed by atoms with Crippen molar-refractivity contribution in [2.45, 2.75) is 26.9 Å². The molecular weight excluding hydrogens is 236 g/mol. The molecule has 0 aliphatic carbocycles. The first kappa shape index (κ1) is 13.8. The predicted octanol–water partition coefficient (Wildman–Crippen LogP) is 4.08. The quantitative estimate of drug-likeness (QED) is 0.753. The molecule has 0 saturated heterocycles. The summed E-state index contributed by atoms with van der Waals surface area (Å²) in [5.74, 6) is 0.250. The van der Waals surface area contributed by atoms with Gasteiger partial charge in [-0.05, 0) is 23.6 Å². The highest BCUT2D eigenvalue weighted by atomic mass is 16.5. The number of ether oxygens (including phenoxy) is 1. The predicted molar refractivity (Wildman–Crippen MR) is 78.5 cm³/mol. The van der Waals surface area contributed by atoms with Crippen molar-refractivity contribution in [3.63, 3.8) is 0 Å². The van der Waals surface area contributed by atoms with Crippen LogP contribution in [0.4, 0.5) is 0 Å². The molecule has 0 bridgehead atoms. The van der Waals surface area contributed by atoms with Gasteiger partial charge in [-0.15, -0.1) is 0 Å². The van der Waals surface area contributed by atoms with Gasteiger partial charge < -0.3 is 4.74 Å². The molecule has 0 spiro atoms. The zero-order valence-electron chi connectivity index (χ0n) is 11.7. The summed E-state index contributed by atoms with van der Waals surface area (Å²) in [5, 5.41) is 2.09. The summed E-state index contributed by atoms with van der Waals surface area (Å²) >= 11 is 0. The second kappa shape index (κ2) is 5.98. The summed E-state index contributed by atoms with van der Waals surface area (Å²) in [6.45, 7) is 6.51. The van der Waals surface area contributed by atoms with Gasteiger partial charge >= 0.3 is 0 Å². The minimum absolute atomic E-state index is 0.0775. The fourth-order valence-corrected chi connectivity index (χ4v) is 2.34. The van der Waals surface area contributed by atoms with Gasteiger partial charge in [-0.1, -0.05) is 56.3 Å². The van der Waals surface area contributed by atoms with E-state index in [-0.39, 0.29) is 17.8 Å². The summed E-state index contributed by atoms with van der Waals surface area (Å²) < 4.78 is 5.62. The molecule has 0 N–H and O–H groups in total. The minimum atomic E-state index is -0.365. The molecule has 19 heavy (non-hydrogen) atoms. The fourth-order valence-electron chi connectivity index (χ4n) is 2.34. The molecule has 1 atom stereocenters. The van der Waals surface area contributed by atoms with E-state index in [1.165, 1.54) is 0 Å². The summed E-state index contributed by atoms with van der Waals surface area (Å²) in [5.41, 5.74) is 0.755. The van der Waals surface area contributed by atoms with Gasteiger partial charge in [-0.2, -0.15) is 0 Å². The molecule has 2 aromatic carbocycles. The summed E-state index contributed by atoms with van der Waals surface area (Å²) in [6, 6.07) is 13.8. The van der Waals surface area contributed by atoms with E-state index in [4.69, 9.17) is 4.74 Å². The van der Waals surface area contributed by atoms with Crippen LogP contribution in [-0.2, 0) is 4.74 Å². The van der Waals surface area contributed by atoms with E-state index >= 15 is 0 Å². The molecule has 0 heterocycles. The molecule has 0 amide bonds. The lowest BCUT2D eigenvalue weighted by atomic mass is 9.94. The molecule has 100 valence electrons. The number of fused-ring (bicyclic) bond motifs is 1. The van der Waals surface area contributed by atoms with Crippen molar-refractivity contribution in [2.24, 2.45) is 5.92 Å². The van der Waals surface area contributed by atoms with Gasteiger partial charge in [0, 0.05) is 12.2 Å². The van der Waals surface area contributed by atoms with Crippen LogP contribution >= 0.6 is 0 Å². The monoisotopic (exact) mass is 256 g/mol. The first-order chi connectivity index (χ1) is 9.15. The number of hydrogen-bond donors (Lipinski definition) is 0. The SMILES string of the molecule is CCOC(C(=O)c1cccc2ccccc12)C(C)C. The van der Waals surface area contributed by atoms with Crippen molar-refractivity contribution in [2.75, 3.05) is 6.61 Å². The normalized spacial score (nSPS) is 12.8. The lowest BCUT2D eigenvalue weighted by Gasteiger charge is -2.20. The van der Waals surface area contributed by atoms with E-state index in [9.17, 15) is 4.79 Å². The van der Waals surface area contributed by atoms with E-state index in [1.54, 1.807) is 0 Å². The fraction of sp³-hybridized carbons (Fsp3) is 0.353. The van der Waals surface area contributed by atoms with Crippen molar-refractivity contribution >= 4 is 16.6 Å². The van der Waals surface area contributed by atoms with Crippen molar-refractivity contribution in [1.82, 2.24) is 0 Å². The number of ketones is 1. The van der Waals surface area contributed by atoms with Crippen LogP contribution in [0.15, 0.2) is 42.5 Å². The van der Waals surface area contributed by atoms with Crippen LogP contribution in [0.1, 0.15) is 31.1 Å². The van der Waals surface area contributed by atoms with Gasteiger partial charge in [-0.3, -0.25) is 4.79 Å². The Morgan fingerprint density at radius 1 is 1.11 bits per heavy atom. The van der Waals surface area contributed by atoms with E-state index in [0.29, 0.717) is 6.61 Å². The van der Waals surface area contributed by atoms with E-state index < -0.39 is 0 Å². The molecule has 0 radical (unpaired) electrons. The van der Waals surface area contributed by atoms with Crippen molar-refractivity contribution in [3.8, 4) is 0 Å². The number of carbonyl (C=O) groups is 1. The topological polar surface area (TPSA) is 26.3 Å². The molecule has 0 aliphatic heterocycles. The summed E-state index contributed by atoms with van der Waals surface area (Å²) in [4.78, 5) is 12.7. The molecule has 2 aromatic rings. The van der Waals surface area contributed by atoms with Gasteiger partial charge in [0.1, 0.15) is 6.10 Å². The Kier molecular flexibility index (Phi) is 4.33. The molecule has 0 saturated carbocycles. The Hall–Kier alpha value is -1.67. The third-order valence-corrected chi connectivity index (χ3v) is 3.27. The zero-order valence-corrected chi connectivity index (χ0v) is 11.7. The first-order valence-corrected chi connectivity index (χ1v) is 6.78. The number of carbonyl (C=O) groups excluding carboxylic acids is 1. The smallest absolute Gasteiger partial charge is 0.192 e. The average molecular weight is 256 g/mol. The molecular formula is C17H20O2. The van der Waals surface area contributed by atoms with Crippen LogP contribution in [0.25, 0.3) is 10.8 Å². The summed E-state index contributed by atoms with van der Waals surface area (Å²) in [7, 11) is 0. The van der Waals surface area contributed by atoms with Gasteiger partial charge in [0.15, 0.2) is 5.78 Å². The van der Waals surface area contributed by atoms with Crippen LogP contribution in [-0.4, -0.2) is 18.5 Å². The molecule has 2 heteroatoms. The zero-order chi connectivity index (χ0) is 13.8. The number of rotatable bonds is 5. The summed E-state index contributed by atoms with van der Waals surface area (Å²) in [6.07, 6.45) is -0.365. The highest BCUT2D eigenvalue weighted by Crippen LogP contribution is 2.22. The van der Waals surface area contributed by atoms with Crippen LogP contribution in [0, 0.1) is 5.92 Å². The second-order valence-electron chi connectivity index (χ2n) is 5.01. The van der Waals surface area contributed by atoms with E-state index in [0.717, 1.165) is 16.3 Å². The van der Waals surface area contributed by atoms with Crippen molar-refractivity contribution in [3.05, 3.63) is 48.0 Å². The van der Waals surface area contributed by atoms with Gasteiger partial charge in [0.2, 0.25) is 0 Å².